The van der Waals surface area contributed by atoms with Gasteiger partial charge in [-0.2, -0.15) is 0 Å². The maximum atomic E-state index is 12.4. The van der Waals surface area contributed by atoms with Crippen LogP contribution < -0.4 is 0 Å². The molecule has 0 aliphatic heterocycles. The molecule has 2 aliphatic carbocycles. The second-order valence-electron chi connectivity index (χ2n) is 6.68. The molecule has 0 radical (unpaired) electrons. The molecule has 0 heterocycles. The summed E-state index contributed by atoms with van der Waals surface area (Å²) in [5.41, 5.74) is -1.88. The number of Topliss-reactive ketones (excluding diaryl/α,β-unsaturated/α-hetero) is 2. The standard InChI is InChI=1S/C17H22O6/c1-10(18)15(21)17(22)7-13-12(9-23-11(2)19)5-4-6-16(13,3)8-14(17)20/h4-6,13,15,21-22H,7-9H2,1-3H3. The topological polar surface area (TPSA) is 101 Å². The zero-order chi connectivity index (χ0) is 17.4. The van der Waals surface area contributed by atoms with Crippen molar-refractivity contribution in [1.82, 2.24) is 0 Å². The first kappa shape index (κ1) is 17.6. The zero-order valence-corrected chi connectivity index (χ0v) is 13.5. The van der Waals surface area contributed by atoms with E-state index in [4.69, 9.17) is 4.74 Å². The number of carbonyl (C=O) groups excluding carboxylic acids is 3. The molecule has 0 aromatic heterocycles. The number of allylic oxidation sites excluding steroid dienone is 3. The van der Waals surface area contributed by atoms with Gasteiger partial charge in [0.15, 0.2) is 17.2 Å². The lowest BCUT2D eigenvalue weighted by Gasteiger charge is -2.48. The number of hydrogen-bond acceptors (Lipinski definition) is 6. The Morgan fingerprint density at radius 3 is 2.65 bits per heavy atom. The van der Waals surface area contributed by atoms with Crippen molar-refractivity contribution >= 4 is 17.5 Å². The van der Waals surface area contributed by atoms with Crippen LogP contribution in [0.15, 0.2) is 23.8 Å². The lowest BCUT2D eigenvalue weighted by Crippen LogP contribution is -2.59. The Balaban J connectivity index is 2.33. The molecule has 1 saturated carbocycles. The summed E-state index contributed by atoms with van der Waals surface area (Å²) in [5.74, 6) is -1.92. The number of aliphatic hydroxyl groups is 2. The summed E-state index contributed by atoms with van der Waals surface area (Å²) in [6.07, 6.45) is 3.64. The van der Waals surface area contributed by atoms with Crippen molar-refractivity contribution in [1.29, 1.82) is 0 Å². The molecular weight excluding hydrogens is 300 g/mol. The summed E-state index contributed by atoms with van der Waals surface area (Å²) in [4.78, 5) is 34.9. The van der Waals surface area contributed by atoms with Crippen LogP contribution in [0, 0.1) is 11.3 Å². The summed E-state index contributed by atoms with van der Waals surface area (Å²) in [6, 6.07) is 0. The van der Waals surface area contributed by atoms with Crippen LogP contribution in [0.2, 0.25) is 0 Å². The summed E-state index contributed by atoms with van der Waals surface area (Å²) in [7, 11) is 0. The van der Waals surface area contributed by atoms with Crippen molar-refractivity contribution < 1.29 is 29.3 Å². The van der Waals surface area contributed by atoms with Crippen LogP contribution in [0.3, 0.4) is 0 Å². The van der Waals surface area contributed by atoms with Crippen molar-refractivity contribution in [2.45, 2.75) is 45.3 Å². The number of hydrogen-bond donors (Lipinski definition) is 2. The number of carbonyl (C=O) groups is 3. The molecule has 23 heavy (non-hydrogen) atoms. The van der Waals surface area contributed by atoms with Crippen LogP contribution in [-0.4, -0.2) is 46.1 Å². The Morgan fingerprint density at radius 2 is 2.09 bits per heavy atom. The van der Waals surface area contributed by atoms with Gasteiger partial charge in [0.25, 0.3) is 0 Å². The lowest BCUT2D eigenvalue weighted by molar-refractivity contribution is -0.170. The van der Waals surface area contributed by atoms with Gasteiger partial charge in [0.2, 0.25) is 0 Å². The summed E-state index contributed by atoms with van der Waals surface area (Å²) >= 11 is 0. The highest BCUT2D eigenvalue weighted by Crippen LogP contribution is 2.50. The first-order valence-corrected chi connectivity index (χ1v) is 7.56. The van der Waals surface area contributed by atoms with Crippen molar-refractivity contribution in [3.05, 3.63) is 23.8 Å². The van der Waals surface area contributed by atoms with E-state index < -0.39 is 34.7 Å². The van der Waals surface area contributed by atoms with E-state index in [1.54, 1.807) is 12.2 Å². The highest BCUT2D eigenvalue weighted by molar-refractivity contribution is 5.96. The Kier molecular flexibility index (Phi) is 4.59. The van der Waals surface area contributed by atoms with Gasteiger partial charge in [-0.3, -0.25) is 14.4 Å². The molecule has 4 unspecified atom stereocenters. The molecule has 0 aromatic rings. The van der Waals surface area contributed by atoms with Gasteiger partial charge >= 0.3 is 5.97 Å². The summed E-state index contributed by atoms with van der Waals surface area (Å²) < 4.78 is 5.04. The van der Waals surface area contributed by atoms with E-state index in [-0.39, 0.29) is 25.4 Å². The van der Waals surface area contributed by atoms with Gasteiger partial charge in [-0.25, -0.2) is 0 Å². The fourth-order valence-electron chi connectivity index (χ4n) is 3.45. The van der Waals surface area contributed by atoms with Crippen molar-refractivity contribution in [2.75, 3.05) is 6.61 Å². The number of fused-ring (bicyclic) bond motifs is 1. The fourth-order valence-corrected chi connectivity index (χ4v) is 3.45. The van der Waals surface area contributed by atoms with Gasteiger partial charge in [0.1, 0.15) is 12.7 Å². The van der Waals surface area contributed by atoms with Crippen molar-refractivity contribution in [3.63, 3.8) is 0 Å². The summed E-state index contributed by atoms with van der Waals surface area (Å²) in [6.45, 7) is 4.38. The van der Waals surface area contributed by atoms with Gasteiger partial charge in [-0.05, 0) is 30.3 Å². The quantitative estimate of drug-likeness (QED) is 0.739. The molecule has 1 fully saturated rings. The number of esters is 1. The number of rotatable bonds is 4. The fraction of sp³-hybridized carbons (Fsp3) is 0.588. The second-order valence-corrected chi connectivity index (χ2v) is 6.68. The summed E-state index contributed by atoms with van der Waals surface area (Å²) in [5, 5.41) is 20.7. The van der Waals surface area contributed by atoms with Crippen molar-refractivity contribution in [3.8, 4) is 0 Å². The van der Waals surface area contributed by atoms with Gasteiger partial charge in [-0.15, -0.1) is 0 Å². The normalized spacial score (nSPS) is 34.4. The van der Waals surface area contributed by atoms with E-state index in [1.807, 2.05) is 13.0 Å². The van der Waals surface area contributed by atoms with Gasteiger partial charge in [0, 0.05) is 13.3 Å². The first-order chi connectivity index (χ1) is 10.6. The molecule has 6 heteroatoms. The van der Waals surface area contributed by atoms with Crippen LogP contribution in [0.5, 0.6) is 0 Å². The highest BCUT2D eigenvalue weighted by atomic mass is 16.5. The van der Waals surface area contributed by atoms with Gasteiger partial charge < -0.3 is 14.9 Å². The SMILES string of the molecule is CC(=O)OCC1=CC=CC2(C)CC(=O)C(O)(C(O)C(C)=O)CC12. The van der Waals surface area contributed by atoms with E-state index in [2.05, 4.69) is 0 Å². The lowest BCUT2D eigenvalue weighted by atomic mass is 9.57. The highest BCUT2D eigenvalue weighted by Gasteiger charge is 2.56. The molecule has 0 spiro atoms. The monoisotopic (exact) mass is 322 g/mol. The Morgan fingerprint density at radius 1 is 1.43 bits per heavy atom. The first-order valence-electron chi connectivity index (χ1n) is 7.56. The van der Waals surface area contributed by atoms with Crippen LogP contribution >= 0.6 is 0 Å². The maximum absolute atomic E-state index is 12.4. The Labute approximate surface area is 134 Å². The molecule has 0 saturated heterocycles. The minimum Gasteiger partial charge on any atom is -0.461 e. The molecule has 0 amide bonds. The third kappa shape index (κ3) is 3.14. The van der Waals surface area contributed by atoms with Crippen LogP contribution in [0.1, 0.15) is 33.6 Å². The molecule has 126 valence electrons. The Bertz CT molecular complexity index is 604. The van der Waals surface area contributed by atoms with E-state index in [1.165, 1.54) is 6.92 Å². The molecule has 2 rings (SSSR count). The van der Waals surface area contributed by atoms with Crippen LogP contribution in [0.4, 0.5) is 0 Å². The molecule has 4 atom stereocenters. The number of ketones is 2. The minimum atomic E-state index is -2.10. The smallest absolute Gasteiger partial charge is 0.302 e. The third-order valence-corrected chi connectivity index (χ3v) is 4.85. The van der Waals surface area contributed by atoms with E-state index in [9.17, 15) is 24.6 Å². The second kappa shape index (κ2) is 6.02. The zero-order valence-electron chi connectivity index (χ0n) is 13.5. The van der Waals surface area contributed by atoms with E-state index in [0.29, 0.717) is 0 Å². The number of ether oxygens (including phenoxy) is 1. The Hall–Kier alpha value is -1.79. The molecule has 0 bridgehead atoms. The predicted molar refractivity (Wildman–Crippen MR) is 81.3 cm³/mol. The molecule has 2 aliphatic rings. The van der Waals surface area contributed by atoms with Gasteiger partial charge in [-0.1, -0.05) is 25.2 Å². The van der Waals surface area contributed by atoms with E-state index in [0.717, 1.165) is 12.5 Å². The molecular formula is C17H22O6. The third-order valence-electron chi connectivity index (χ3n) is 4.85. The van der Waals surface area contributed by atoms with Crippen LogP contribution in [0.25, 0.3) is 0 Å². The average molecular weight is 322 g/mol. The average Bonchev–Trinajstić information content (AvgIpc) is 2.45. The number of aliphatic hydroxyl groups excluding tert-OH is 1. The molecule has 6 nitrogen and oxygen atoms in total. The molecule has 2 N–H and O–H groups in total. The van der Waals surface area contributed by atoms with Crippen molar-refractivity contribution in [2.24, 2.45) is 11.3 Å². The van der Waals surface area contributed by atoms with Gasteiger partial charge in [0.05, 0.1) is 0 Å². The molecule has 0 aromatic carbocycles. The van der Waals surface area contributed by atoms with E-state index >= 15 is 0 Å². The maximum Gasteiger partial charge on any atom is 0.302 e. The largest absolute Gasteiger partial charge is 0.461 e. The predicted octanol–water partition coefficient (Wildman–Crippen LogP) is 0.712. The minimum absolute atomic E-state index is 0.00637. The van der Waals surface area contributed by atoms with Crippen LogP contribution in [-0.2, 0) is 19.1 Å².